The predicted molar refractivity (Wildman–Crippen MR) is 60.9 cm³/mol. The van der Waals surface area contributed by atoms with E-state index in [-0.39, 0.29) is 13.0 Å². The summed E-state index contributed by atoms with van der Waals surface area (Å²) >= 11 is 0. The van der Waals surface area contributed by atoms with Crippen LogP contribution in [-0.4, -0.2) is 29.9 Å². The Morgan fingerprint density at radius 1 is 1.22 bits per heavy atom. The Morgan fingerprint density at radius 3 is 2.50 bits per heavy atom. The van der Waals surface area contributed by atoms with Crippen LogP contribution >= 0.6 is 0 Å². The van der Waals surface area contributed by atoms with Crippen LogP contribution in [-0.2, 0) is 11.3 Å². The lowest BCUT2D eigenvalue weighted by Gasteiger charge is -2.32. The summed E-state index contributed by atoms with van der Waals surface area (Å²) in [6, 6.07) is 9.32. The van der Waals surface area contributed by atoms with E-state index in [4.69, 9.17) is 0 Å². The van der Waals surface area contributed by atoms with Crippen LogP contribution in [0.1, 0.15) is 12.0 Å². The summed E-state index contributed by atoms with van der Waals surface area (Å²) in [5.41, 5.74) is 0.966. The molecule has 0 N–H and O–H groups in total. The molecule has 0 aromatic heterocycles. The van der Waals surface area contributed by atoms with Gasteiger partial charge in [0.25, 0.3) is 0 Å². The third kappa shape index (κ3) is 3.10. The van der Waals surface area contributed by atoms with E-state index in [9.17, 15) is 18.0 Å². The van der Waals surface area contributed by atoms with Gasteiger partial charge in [0.1, 0.15) is 11.7 Å². The average molecular weight is 257 g/mol. The molecule has 0 saturated carbocycles. The van der Waals surface area contributed by atoms with Gasteiger partial charge in [-0.15, -0.1) is 0 Å². The first-order valence-electron chi connectivity index (χ1n) is 5.82. The van der Waals surface area contributed by atoms with Crippen molar-refractivity contribution in [1.29, 1.82) is 0 Å². The van der Waals surface area contributed by atoms with Crippen molar-refractivity contribution in [3.8, 4) is 0 Å². The van der Waals surface area contributed by atoms with E-state index in [1.807, 2.05) is 30.3 Å². The van der Waals surface area contributed by atoms with Gasteiger partial charge in [-0.05, 0) is 5.56 Å². The molecular formula is C13H14F3NO. The summed E-state index contributed by atoms with van der Waals surface area (Å²) in [6.45, 7) is 0.637. The van der Waals surface area contributed by atoms with E-state index >= 15 is 0 Å². The number of nitrogens with zero attached hydrogens (tertiary/aromatic N) is 1. The van der Waals surface area contributed by atoms with Gasteiger partial charge in [0.15, 0.2) is 0 Å². The van der Waals surface area contributed by atoms with Crippen molar-refractivity contribution in [2.45, 2.75) is 19.1 Å². The van der Waals surface area contributed by atoms with Crippen LogP contribution in [0.15, 0.2) is 30.3 Å². The first-order chi connectivity index (χ1) is 8.47. The molecule has 1 aromatic rings. The molecule has 0 amide bonds. The van der Waals surface area contributed by atoms with Crippen LogP contribution in [0.2, 0.25) is 0 Å². The first kappa shape index (κ1) is 13.1. The van der Waals surface area contributed by atoms with Crippen LogP contribution < -0.4 is 0 Å². The molecule has 1 heterocycles. The van der Waals surface area contributed by atoms with E-state index in [2.05, 4.69) is 0 Å². The van der Waals surface area contributed by atoms with Gasteiger partial charge in [0, 0.05) is 26.1 Å². The molecule has 0 radical (unpaired) electrons. The lowest BCUT2D eigenvalue weighted by Crippen LogP contribution is -2.46. The monoisotopic (exact) mass is 257 g/mol. The third-order valence-corrected chi connectivity index (χ3v) is 3.15. The fourth-order valence-electron chi connectivity index (χ4n) is 2.17. The van der Waals surface area contributed by atoms with Gasteiger partial charge in [0.2, 0.25) is 0 Å². The number of hydrogen-bond acceptors (Lipinski definition) is 2. The van der Waals surface area contributed by atoms with E-state index in [1.54, 1.807) is 4.90 Å². The van der Waals surface area contributed by atoms with Crippen molar-refractivity contribution in [3.05, 3.63) is 35.9 Å². The number of alkyl halides is 3. The molecule has 1 saturated heterocycles. The van der Waals surface area contributed by atoms with Gasteiger partial charge in [-0.2, -0.15) is 13.2 Å². The van der Waals surface area contributed by atoms with Crippen molar-refractivity contribution >= 4 is 5.78 Å². The van der Waals surface area contributed by atoms with Gasteiger partial charge >= 0.3 is 6.18 Å². The summed E-state index contributed by atoms with van der Waals surface area (Å²) < 4.78 is 38.0. The second-order valence-corrected chi connectivity index (χ2v) is 4.53. The minimum absolute atomic E-state index is 0.0169. The molecule has 2 rings (SSSR count). The molecule has 1 aliphatic heterocycles. The van der Waals surface area contributed by atoms with Crippen LogP contribution in [0.5, 0.6) is 0 Å². The third-order valence-electron chi connectivity index (χ3n) is 3.15. The summed E-state index contributed by atoms with van der Waals surface area (Å²) in [5.74, 6) is -2.51. The standard InChI is InChI=1S/C13H14F3NO/c14-13(15,16)11-9-17(7-6-12(11)18)8-10-4-2-1-3-5-10/h1-5,11H,6-9H2/t11-/m1/s1. The Labute approximate surface area is 103 Å². The summed E-state index contributed by atoms with van der Waals surface area (Å²) in [5, 5.41) is 0. The van der Waals surface area contributed by atoms with Crippen LogP contribution in [0.3, 0.4) is 0 Å². The zero-order chi connectivity index (χ0) is 13.2. The van der Waals surface area contributed by atoms with Crippen molar-refractivity contribution in [3.63, 3.8) is 0 Å². The highest BCUT2D eigenvalue weighted by Crippen LogP contribution is 2.31. The molecule has 2 nitrogen and oxygen atoms in total. The number of carbonyl (C=O) groups is 1. The first-order valence-corrected chi connectivity index (χ1v) is 5.82. The van der Waals surface area contributed by atoms with Crippen molar-refractivity contribution in [2.24, 2.45) is 5.92 Å². The highest BCUT2D eigenvalue weighted by molar-refractivity contribution is 5.82. The molecule has 1 aromatic carbocycles. The lowest BCUT2D eigenvalue weighted by molar-refractivity contribution is -0.189. The van der Waals surface area contributed by atoms with Crippen LogP contribution in [0, 0.1) is 5.92 Å². The molecule has 0 aliphatic carbocycles. The summed E-state index contributed by atoms with van der Waals surface area (Å²) in [6.07, 6.45) is -4.44. The van der Waals surface area contributed by atoms with E-state index < -0.39 is 17.9 Å². The number of carbonyl (C=O) groups excluding carboxylic acids is 1. The number of piperidine rings is 1. The number of Topliss-reactive ketones (excluding diaryl/α,β-unsaturated/α-hetero) is 1. The summed E-state index contributed by atoms with van der Waals surface area (Å²) in [7, 11) is 0. The SMILES string of the molecule is O=C1CCN(Cc2ccccc2)C[C@H]1C(F)(F)F. The maximum absolute atomic E-state index is 12.7. The van der Waals surface area contributed by atoms with Gasteiger partial charge in [-0.3, -0.25) is 9.69 Å². The number of ketones is 1. The van der Waals surface area contributed by atoms with Crippen molar-refractivity contribution in [2.75, 3.05) is 13.1 Å². The van der Waals surface area contributed by atoms with Crippen molar-refractivity contribution < 1.29 is 18.0 Å². The molecule has 1 aliphatic rings. The largest absolute Gasteiger partial charge is 0.399 e. The number of rotatable bonds is 2. The zero-order valence-corrected chi connectivity index (χ0v) is 9.78. The quantitative estimate of drug-likeness (QED) is 0.811. The van der Waals surface area contributed by atoms with Gasteiger partial charge in [-0.1, -0.05) is 30.3 Å². The maximum Gasteiger partial charge on any atom is 0.399 e. The molecule has 1 atom stereocenters. The van der Waals surface area contributed by atoms with Gasteiger partial charge in [0.05, 0.1) is 0 Å². The molecule has 18 heavy (non-hydrogen) atoms. The molecule has 98 valence electrons. The van der Waals surface area contributed by atoms with Gasteiger partial charge in [-0.25, -0.2) is 0 Å². The highest BCUT2D eigenvalue weighted by atomic mass is 19.4. The maximum atomic E-state index is 12.7. The minimum Gasteiger partial charge on any atom is -0.299 e. The highest BCUT2D eigenvalue weighted by Gasteiger charge is 2.46. The van der Waals surface area contributed by atoms with E-state index in [0.29, 0.717) is 13.1 Å². The Kier molecular flexibility index (Phi) is 3.71. The molecule has 0 spiro atoms. The van der Waals surface area contributed by atoms with E-state index in [0.717, 1.165) is 5.56 Å². The molecular weight excluding hydrogens is 243 g/mol. The number of hydrogen-bond donors (Lipinski definition) is 0. The zero-order valence-electron chi connectivity index (χ0n) is 9.78. The number of halogens is 3. The van der Waals surface area contributed by atoms with Crippen molar-refractivity contribution in [1.82, 2.24) is 4.90 Å². The van der Waals surface area contributed by atoms with Gasteiger partial charge < -0.3 is 0 Å². The molecule has 1 fully saturated rings. The number of benzene rings is 1. The Hall–Kier alpha value is -1.36. The fourth-order valence-corrected chi connectivity index (χ4v) is 2.17. The predicted octanol–water partition coefficient (Wildman–Crippen LogP) is 2.64. The fraction of sp³-hybridized carbons (Fsp3) is 0.462. The second kappa shape index (κ2) is 5.10. The topological polar surface area (TPSA) is 20.3 Å². The second-order valence-electron chi connectivity index (χ2n) is 4.53. The minimum atomic E-state index is -4.42. The summed E-state index contributed by atoms with van der Waals surface area (Å²) in [4.78, 5) is 13.0. The van der Waals surface area contributed by atoms with E-state index in [1.165, 1.54) is 0 Å². The normalized spacial score (nSPS) is 22.2. The smallest absolute Gasteiger partial charge is 0.299 e. The Morgan fingerprint density at radius 2 is 1.89 bits per heavy atom. The Bertz CT molecular complexity index is 416. The molecule has 0 unspecified atom stereocenters. The number of likely N-dealkylation sites (tertiary alicyclic amines) is 1. The molecule has 0 bridgehead atoms. The lowest BCUT2D eigenvalue weighted by atomic mass is 9.95. The molecule has 5 heteroatoms. The average Bonchev–Trinajstić information content (AvgIpc) is 2.31. The van der Waals surface area contributed by atoms with Crippen LogP contribution in [0.25, 0.3) is 0 Å². The Balaban J connectivity index is 2.02. The van der Waals surface area contributed by atoms with Crippen LogP contribution in [0.4, 0.5) is 13.2 Å².